The van der Waals surface area contributed by atoms with Gasteiger partial charge < -0.3 is 14.6 Å². The highest BCUT2D eigenvalue weighted by Gasteiger charge is 2.38. The summed E-state index contributed by atoms with van der Waals surface area (Å²) in [7, 11) is 1.65. The summed E-state index contributed by atoms with van der Waals surface area (Å²) < 4.78 is 10.8. The fraction of sp³-hybridized carbons (Fsp3) is 0.562. The van der Waals surface area contributed by atoms with Crippen molar-refractivity contribution < 1.29 is 19.4 Å². The van der Waals surface area contributed by atoms with Crippen LogP contribution in [0.3, 0.4) is 0 Å². The lowest BCUT2D eigenvalue weighted by Gasteiger charge is -2.26. The first-order valence-electron chi connectivity index (χ1n) is 7.25. The Morgan fingerprint density at radius 3 is 2.86 bits per heavy atom. The number of benzene rings is 1. The van der Waals surface area contributed by atoms with E-state index >= 15 is 0 Å². The molecular weight excluding hydrogens is 270 g/mol. The van der Waals surface area contributed by atoms with Crippen molar-refractivity contribution in [1.29, 1.82) is 0 Å². The summed E-state index contributed by atoms with van der Waals surface area (Å²) in [4.78, 5) is 11.4. The monoisotopic (exact) mass is 293 g/mol. The number of hydrogen-bond donors (Lipinski definition) is 2. The summed E-state index contributed by atoms with van der Waals surface area (Å²) in [6.07, 6.45) is 2.54. The molecule has 0 aromatic heterocycles. The highest BCUT2D eigenvalue weighted by molar-refractivity contribution is 5.78. The molecule has 0 heterocycles. The van der Waals surface area contributed by atoms with Gasteiger partial charge in [-0.1, -0.05) is 12.1 Å². The molecule has 1 unspecified atom stereocenters. The van der Waals surface area contributed by atoms with E-state index in [2.05, 4.69) is 5.32 Å². The van der Waals surface area contributed by atoms with E-state index in [0.29, 0.717) is 25.7 Å². The molecule has 1 fully saturated rings. The maximum Gasteiger partial charge on any atom is 0.323 e. The largest absolute Gasteiger partial charge is 0.493 e. The van der Waals surface area contributed by atoms with Gasteiger partial charge in [0.2, 0.25) is 0 Å². The zero-order chi connectivity index (χ0) is 15.3. The van der Waals surface area contributed by atoms with Crippen molar-refractivity contribution in [2.75, 3.05) is 13.7 Å². The van der Waals surface area contributed by atoms with Gasteiger partial charge in [0.15, 0.2) is 0 Å². The molecule has 1 aromatic rings. The molecule has 1 atom stereocenters. The third-order valence-electron chi connectivity index (χ3n) is 3.65. The Kier molecular flexibility index (Phi) is 5.20. The Labute approximate surface area is 125 Å². The number of rotatable bonds is 9. The van der Waals surface area contributed by atoms with E-state index in [0.717, 1.165) is 24.2 Å². The van der Waals surface area contributed by atoms with E-state index < -0.39 is 11.5 Å². The highest BCUT2D eigenvalue weighted by Crippen LogP contribution is 2.24. The van der Waals surface area contributed by atoms with Crippen molar-refractivity contribution >= 4 is 5.97 Å². The highest BCUT2D eigenvalue weighted by atomic mass is 16.5. The van der Waals surface area contributed by atoms with Crippen molar-refractivity contribution in [1.82, 2.24) is 5.32 Å². The summed E-state index contributed by atoms with van der Waals surface area (Å²) in [5.41, 5.74) is 0.109. The molecule has 0 amide bonds. The molecule has 1 aromatic carbocycles. The SMILES string of the molecule is COCc1cccc(OCCC(C)(NC2CC2)C(=O)O)c1. The van der Waals surface area contributed by atoms with Gasteiger partial charge in [0, 0.05) is 19.6 Å². The maximum atomic E-state index is 11.4. The summed E-state index contributed by atoms with van der Waals surface area (Å²) in [6.45, 7) is 2.62. The van der Waals surface area contributed by atoms with Crippen LogP contribution < -0.4 is 10.1 Å². The number of ether oxygens (including phenoxy) is 2. The minimum atomic E-state index is -0.925. The first-order valence-corrected chi connectivity index (χ1v) is 7.25. The van der Waals surface area contributed by atoms with Crippen LogP contribution in [0.2, 0.25) is 0 Å². The molecule has 116 valence electrons. The fourth-order valence-corrected chi connectivity index (χ4v) is 2.18. The number of hydrogen-bond acceptors (Lipinski definition) is 4. The number of aliphatic carboxylic acids is 1. The number of methoxy groups -OCH3 is 1. The van der Waals surface area contributed by atoms with E-state index in [1.807, 2.05) is 24.3 Å². The van der Waals surface area contributed by atoms with E-state index in [-0.39, 0.29) is 0 Å². The fourth-order valence-electron chi connectivity index (χ4n) is 2.18. The summed E-state index contributed by atoms with van der Waals surface area (Å²) >= 11 is 0. The van der Waals surface area contributed by atoms with Crippen molar-refractivity contribution in [2.45, 2.75) is 44.4 Å². The standard InChI is InChI=1S/C16H23NO4/c1-16(15(18)19,17-13-6-7-13)8-9-21-14-5-3-4-12(10-14)11-20-2/h3-5,10,13,17H,6-9,11H2,1-2H3,(H,18,19). The van der Waals surface area contributed by atoms with Crippen LogP contribution in [0.25, 0.3) is 0 Å². The minimum Gasteiger partial charge on any atom is -0.493 e. The van der Waals surface area contributed by atoms with Gasteiger partial charge >= 0.3 is 5.97 Å². The Hall–Kier alpha value is -1.59. The maximum absolute atomic E-state index is 11.4. The molecule has 0 radical (unpaired) electrons. The molecule has 0 bridgehead atoms. The first kappa shape index (κ1) is 15.8. The quantitative estimate of drug-likeness (QED) is 0.730. The predicted octanol–water partition coefficient (Wildman–Crippen LogP) is 2.20. The van der Waals surface area contributed by atoms with Gasteiger partial charge in [-0.3, -0.25) is 10.1 Å². The predicted molar refractivity (Wildman–Crippen MR) is 79.5 cm³/mol. The van der Waals surface area contributed by atoms with Crippen LogP contribution in [0, 0.1) is 0 Å². The van der Waals surface area contributed by atoms with E-state index in [1.165, 1.54) is 0 Å². The topological polar surface area (TPSA) is 67.8 Å². The molecule has 1 aliphatic rings. The third-order valence-corrected chi connectivity index (χ3v) is 3.65. The molecule has 2 rings (SSSR count). The van der Waals surface area contributed by atoms with Gasteiger partial charge in [0.05, 0.1) is 13.2 Å². The van der Waals surface area contributed by atoms with Gasteiger partial charge in [0.1, 0.15) is 11.3 Å². The first-order chi connectivity index (χ1) is 10.0. The lowest BCUT2D eigenvalue weighted by molar-refractivity contribution is -0.144. The minimum absolute atomic E-state index is 0.344. The van der Waals surface area contributed by atoms with Crippen LogP contribution in [-0.4, -0.2) is 36.4 Å². The zero-order valence-corrected chi connectivity index (χ0v) is 12.6. The van der Waals surface area contributed by atoms with Crippen molar-refractivity contribution in [3.8, 4) is 5.75 Å². The second-order valence-corrected chi connectivity index (χ2v) is 5.73. The van der Waals surface area contributed by atoms with Crippen molar-refractivity contribution in [2.24, 2.45) is 0 Å². The Morgan fingerprint density at radius 1 is 1.48 bits per heavy atom. The molecule has 5 nitrogen and oxygen atoms in total. The van der Waals surface area contributed by atoms with E-state index in [4.69, 9.17) is 9.47 Å². The van der Waals surface area contributed by atoms with Crippen LogP contribution in [0.15, 0.2) is 24.3 Å². The van der Waals surface area contributed by atoms with Crippen molar-refractivity contribution in [3.63, 3.8) is 0 Å². The normalized spacial score (nSPS) is 17.2. The number of nitrogens with one attached hydrogen (secondary N) is 1. The average molecular weight is 293 g/mol. The summed E-state index contributed by atoms with van der Waals surface area (Å²) in [6, 6.07) is 7.99. The van der Waals surface area contributed by atoms with Crippen molar-refractivity contribution in [3.05, 3.63) is 29.8 Å². The van der Waals surface area contributed by atoms with E-state index in [9.17, 15) is 9.90 Å². The number of carbonyl (C=O) groups is 1. The Balaban J connectivity index is 1.86. The molecule has 5 heteroatoms. The smallest absolute Gasteiger partial charge is 0.323 e. The molecule has 2 N–H and O–H groups in total. The summed E-state index contributed by atoms with van der Waals surface area (Å²) in [5.74, 6) is -0.0881. The third kappa shape index (κ3) is 4.72. The lowest BCUT2D eigenvalue weighted by atomic mass is 9.98. The molecule has 1 saturated carbocycles. The van der Waals surface area contributed by atoms with Gasteiger partial charge in [-0.15, -0.1) is 0 Å². The van der Waals surface area contributed by atoms with Gasteiger partial charge in [0.25, 0.3) is 0 Å². The molecule has 1 aliphatic carbocycles. The Bertz CT molecular complexity index is 487. The van der Waals surface area contributed by atoms with Crippen LogP contribution in [-0.2, 0) is 16.1 Å². The number of carboxylic acid groups (broad SMARTS) is 1. The number of carboxylic acids is 1. The van der Waals surface area contributed by atoms with Gasteiger partial charge in [-0.2, -0.15) is 0 Å². The van der Waals surface area contributed by atoms with Crippen LogP contribution in [0.5, 0.6) is 5.75 Å². The van der Waals surface area contributed by atoms with Gasteiger partial charge in [-0.05, 0) is 37.5 Å². The molecule has 0 saturated heterocycles. The second kappa shape index (κ2) is 6.91. The average Bonchev–Trinajstić information content (AvgIpc) is 3.23. The van der Waals surface area contributed by atoms with Crippen LogP contribution in [0.4, 0.5) is 0 Å². The molecular formula is C16H23NO4. The molecule has 0 spiro atoms. The molecule has 21 heavy (non-hydrogen) atoms. The van der Waals surface area contributed by atoms with Gasteiger partial charge in [-0.25, -0.2) is 0 Å². The second-order valence-electron chi connectivity index (χ2n) is 5.73. The van der Waals surface area contributed by atoms with Crippen LogP contribution in [0.1, 0.15) is 31.7 Å². The Morgan fingerprint density at radius 2 is 2.24 bits per heavy atom. The molecule has 0 aliphatic heterocycles. The lowest BCUT2D eigenvalue weighted by Crippen LogP contribution is -2.51. The van der Waals surface area contributed by atoms with Crippen LogP contribution >= 0.6 is 0 Å². The zero-order valence-electron chi connectivity index (χ0n) is 12.6. The summed E-state index contributed by atoms with van der Waals surface area (Å²) in [5, 5.41) is 12.6. The van der Waals surface area contributed by atoms with E-state index in [1.54, 1.807) is 14.0 Å².